The maximum Gasteiger partial charge on any atom is 0.234 e. The second kappa shape index (κ2) is 33.3. The van der Waals surface area contributed by atoms with Crippen LogP contribution in [-0.2, 0) is 41.6 Å². The Labute approximate surface area is 488 Å². The fourth-order valence-electron chi connectivity index (χ4n) is 9.88. The molecule has 4 heterocycles. The van der Waals surface area contributed by atoms with Gasteiger partial charge in [-0.05, 0) is 180 Å². The Bertz CT molecular complexity index is 3170. The molecule has 0 radical (unpaired) electrons. The number of carbonyl (C=O) groups is 8. The summed E-state index contributed by atoms with van der Waals surface area (Å²) in [5.74, 6) is -1.74. The molecule has 2 aliphatic heterocycles. The number of primary amides is 1. The fraction of sp³-hybridized carbons (Fsp3) is 0.344. The minimum atomic E-state index is -0.410. The number of halogens is 2. The largest absolute Gasteiger partial charge is 0.369 e. The van der Waals surface area contributed by atoms with Crippen molar-refractivity contribution in [3.05, 3.63) is 190 Å². The van der Waals surface area contributed by atoms with Crippen LogP contribution in [0.1, 0.15) is 137 Å². The number of rotatable bonds is 25. The molecule has 2 aliphatic rings. The minimum Gasteiger partial charge on any atom is -0.369 e. The number of benzene rings is 4. The van der Waals surface area contributed by atoms with E-state index in [1.807, 2.05) is 60.4 Å². The number of nitrogens with two attached hydrogens (primary N) is 1. The molecule has 7 N–H and O–H groups in total. The number of carbonyl (C=O) groups excluding carboxylic acids is 8. The number of amides is 6. The molecule has 6 aromatic rings. The van der Waals surface area contributed by atoms with Crippen LogP contribution >= 0.6 is 0 Å². The van der Waals surface area contributed by atoms with Gasteiger partial charge >= 0.3 is 0 Å². The van der Waals surface area contributed by atoms with Crippen LogP contribution in [0.3, 0.4) is 0 Å². The first-order valence-electron chi connectivity index (χ1n) is 28.2. The lowest BCUT2D eigenvalue weighted by Crippen LogP contribution is -2.39. The maximum absolute atomic E-state index is 13.3. The Morgan fingerprint density at radius 3 is 1.57 bits per heavy atom. The lowest BCUT2D eigenvalue weighted by molar-refractivity contribution is -0.132. The Morgan fingerprint density at radius 2 is 1.08 bits per heavy atom. The number of nitrogens with one attached hydrogen (secondary N) is 5. The molecule has 18 nitrogen and oxygen atoms in total. The van der Waals surface area contributed by atoms with E-state index in [0.29, 0.717) is 79.4 Å². The third-order valence-corrected chi connectivity index (χ3v) is 14.1. The molecule has 84 heavy (non-hydrogen) atoms. The lowest BCUT2D eigenvalue weighted by atomic mass is 10.00. The average Bonchev–Trinajstić information content (AvgIpc) is 4.35. The van der Waals surface area contributed by atoms with Crippen LogP contribution < -0.4 is 32.3 Å². The summed E-state index contributed by atoms with van der Waals surface area (Å²) in [4.78, 5) is 108. The van der Waals surface area contributed by atoms with Gasteiger partial charge in [0.2, 0.25) is 35.9 Å². The van der Waals surface area contributed by atoms with Crippen molar-refractivity contribution in [2.45, 2.75) is 102 Å². The predicted octanol–water partition coefficient (Wildman–Crippen LogP) is 7.98. The van der Waals surface area contributed by atoms with Gasteiger partial charge in [-0.15, -0.1) is 0 Å². The molecule has 2 fully saturated rings. The number of anilines is 2. The van der Waals surface area contributed by atoms with Gasteiger partial charge in [0.05, 0.1) is 25.2 Å². The van der Waals surface area contributed by atoms with Gasteiger partial charge in [-0.25, -0.2) is 8.78 Å². The molecule has 3 unspecified atom stereocenters. The van der Waals surface area contributed by atoms with E-state index >= 15 is 0 Å². The number of hydrogen-bond donors (Lipinski definition) is 6. The third-order valence-electron chi connectivity index (χ3n) is 14.1. The second-order valence-electron chi connectivity index (χ2n) is 20.7. The third kappa shape index (κ3) is 20.5. The van der Waals surface area contributed by atoms with Gasteiger partial charge in [-0.1, -0.05) is 30.7 Å². The first-order valence-corrected chi connectivity index (χ1v) is 28.2. The van der Waals surface area contributed by atoms with Crippen molar-refractivity contribution in [1.82, 2.24) is 35.7 Å². The highest BCUT2D eigenvalue weighted by Gasteiger charge is 2.31. The summed E-state index contributed by atoms with van der Waals surface area (Å²) in [5.41, 5.74) is 11.5. The first-order chi connectivity index (χ1) is 40.5. The van der Waals surface area contributed by atoms with Gasteiger partial charge in [0.15, 0.2) is 11.6 Å². The summed E-state index contributed by atoms with van der Waals surface area (Å²) in [6.45, 7) is 3.86. The summed E-state index contributed by atoms with van der Waals surface area (Å²) in [6.07, 6.45) is 15.0. The molecule has 8 rings (SSSR count). The molecule has 0 spiro atoms. The molecular formula is C64H74F2N10O8. The maximum atomic E-state index is 13.3. The summed E-state index contributed by atoms with van der Waals surface area (Å²) in [7, 11) is 3.40. The second-order valence-corrected chi connectivity index (χ2v) is 20.7. The normalized spacial score (nSPS) is 14.6. The number of likely N-dealkylation sites (tertiary alicyclic amines) is 2. The molecule has 442 valence electrons. The van der Waals surface area contributed by atoms with Gasteiger partial charge in [0.1, 0.15) is 11.6 Å². The van der Waals surface area contributed by atoms with Crippen LogP contribution in [0.2, 0.25) is 0 Å². The van der Waals surface area contributed by atoms with Gasteiger partial charge < -0.3 is 42.1 Å². The number of ketones is 2. The molecule has 4 aromatic carbocycles. The zero-order valence-corrected chi connectivity index (χ0v) is 47.7. The molecule has 0 aliphatic carbocycles. The van der Waals surface area contributed by atoms with Crippen LogP contribution in [0, 0.1) is 11.6 Å². The molecule has 0 saturated carbocycles. The van der Waals surface area contributed by atoms with E-state index < -0.39 is 5.82 Å². The van der Waals surface area contributed by atoms with Crippen LogP contribution in [0.25, 0.3) is 0 Å². The van der Waals surface area contributed by atoms with Crippen LogP contribution in [0.4, 0.5) is 20.2 Å². The van der Waals surface area contributed by atoms with E-state index in [1.165, 1.54) is 60.9 Å². The summed E-state index contributed by atoms with van der Waals surface area (Å²) in [5, 5.41) is 14.2. The predicted molar refractivity (Wildman–Crippen MR) is 316 cm³/mol. The number of hydrogen-bond acceptors (Lipinski definition) is 12. The lowest BCUT2D eigenvalue weighted by Gasteiger charge is -2.25. The number of likely N-dealkylation sites (N-methyl/N-ethyl adjacent to an activating group) is 2. The zero-order valence-electron chi connectivity index (χ0n) is 47.7. The van der Waals surface area contributed by atoms with E-state index in [-0.39, 0.29) is 78.1 Å². The molecule has 2 aromatic heterocycles. The van der Waals surface area contributed by atoms with E-state index in [1.54, 1.807) is 43.5 Å². The number of aryl methyl sites for hydroxylation is 1. The highest BCUT2D eigenvalue weighted by molar-refractivity contribution is 6.09. The standard InChI is InChI=1S/C44H51FN6O5.C17H15FN2O2.C3H8N2O/c1-30(48-42(54)29-46-2)25-32-12-21-38(22-13-32)50-41(53)9-5-3-4-8-40(52)49-37-19-10-31(11-20-37)14-23-43(55)51-24-6-7-39(51)34-26-35(28-47-27-34)44(56)33-15-17-36(45)18-16-33;18-15-5-3-12(4-6-15)17(22)14-8-13(9-19-10-14)16-2-1-7-20(16)11-21;1-5-2-3(4)6/h10-13,15-22,26-28,30,39,46H,3-9,14,23-25,29H2,1-2H3,(H,48,54)(H,49,52)(H,50,53);3-6,8-11,16H,1-2,7H2;5H,2H2,1H3,(H2,4,6). The van der Waals surface area contributed by atoms with Crippen molar-refractivity contribution in [1.29, 1.82) is 0 Å². The van der Waals surface area contributed by atoms with Crippen molar-refractivity contribution in [3.63, 3.8) is 0 Å². The fourth-order valence-corrected chi connectivity index (χ4v) is 9.88. The van der Waals surface area contributed by atoms with E-state index in [9.17, 15) is 47.1 Å². The molecule has 0 bridgehead atoms. The van der Waals surface area contributed by atoms with Crippen molar-refractivity contribution in [2.24, 2.45) is 5.73 Å². The summed E-state index contributed by atoms with van der Waals surface area (Å²) >= 11 is 0. The highest BCUT2D eigenvalue weighted by Crippen LogP contribution is 2.34. The first kappa shape index (κ1) is 64.3. The van der Waals surface area contributed by atoms with E-state index in [2.05, 4.69) is 36.6 Å². The molecule has 3 atom stereocenters. The Kier molecular flexibility index (Phi) is 25.5. The molecule has 2 saturated heterocycles. The van der Waals surface area contributed by atoms with Crippen molar-refractivity contribution in [2.75, 3.05) is 50.9 Å². The van der Waals surface area contributed by atoms with Crippen molar-refractivity contribution >= 4 is 58.9 Å². The number of nitrogens with zero attached hydrogens (tertiary/aromatic N) is 4. The van der Waals surface area contributed by atoms with Gasteiger partial charge in [-0.3, -0.25) is 48.3 Å². The molecule has 20 heteroatoms. The van der Waals surface area contributed by atoms with Crippen LogP contribution in [-0.4, -0.2) is 114 Å². The van der Waals surface area contributed by atoms with Gasteiger partial charge in [0, 0.05) is 96.8 Å². The number of pyridine rings is 2. The average molecular weight is 1150 g/mol. The number of unbranched alkanes of at least 4 members (excludes halogenated alkanes) is 2. The van der Waals surface area contributed by atoms with Crippen LogP contribution in [0.15, 0.2) is 134 Å². The van der Waals surface area contributed by atoms with Gasteiger partial charge in [0.25, 0.3) is 0 Å². The smallest absolute Gasteiger partial charge is 0.234 e. The minimum absolute atomic E-state index is 0.00294. The molecule has 6 amide bonds. The molecular weight excluding hydrogens is 1070 g/mol. The highest BCUT2D eigenvalue weighted by atomic mass is 19.1. The monoisotopic (exact) mass is 1150 g/mol. The summed E-state index contributed by atoms with van der Waals surface area (Å²) in [6, 6.07) is 29.3. The van der Waals surface area contributed by atoms with Gasteiger partial charge in [-0.2, -0.15) is 0 Å². The SMILES string of the molecule is CNCC(=O)NC(C)Cc1ccc(NC(=O)CCCCCC(=O)Nc2ccc(CCC(=O)N3CCCC3c3cncc(C(=O)c4ccc(F)cc4)c3)cc2)cc1.CNCC(N)=O.O=CN1CCCC1c1cncc(C(=O)c2ccc(F)cc2)c1. The van der Waals surface area contributed by atoms with Crippen LogP contribution in [0.5, 0.6) is 0 Å². The topological polar surface area (TPSA) is 255 Å². The van der Waals surface area contributed by atoms with Crippen molar-refractivity contribution < 1.29 is 47.1 Å². The Hall–Kier alpha value is -8.88. The summed E-state index contributed by atoms with van der Waals surface area (Å²) < 4.78 is 26.3. The van der Waals surface area contributed by atoms with E-state index in [4.69, 9.17) is 5.73 Å². The van der Waals surface area contributed by atoms with E-state index in [0.717, 1.165) is 73.0 Å². The quantitative estimate of drug-likeness (QED) is 0.0181. The Balaban J connectivity index is 0.000000330. The van der Waals surface area contributed by atoms with Crippen molar-refractivity contribution in [3.8, 4) is 0 Å². The number of aromatic nitrogens is 2. The zero-order chi connectivity index (χ0) is 60.4. The Morgan fingerprint density at radius 1 is 0.595 bits per heavy atom.